The van der Waals surface area contributed by atoms with Gasteiger partial charge in [0.05, 0.1) is 0 Å². The molecule has 0 amide bonds. The second-order valence-electron chi connectivity index (χ2n) is 1.98. The summed E-state index contributed by atoms with van der Waals surface area (Å²) in [6.45, 7) is 7.42. The molecule has 0 saturated heterocycles. The van der Waals surface area contributed by atoms with Crippen molar-refractivity contribution < 1.29 is 4.46 Å². The molecule has 0 spiro atoms. The van der Waals surface area contributed by atoms with Crippen LogP contribution in [0.25, 0.3) is 0 Å². The summed E-state index contributed by atoms with van der Waals surface area (Å²) in [7, 11) is -0.537. The third kappa shape index (κ3) is 4.48. The highest BCUT2D eigenvalue weighted by Gasteiger charge is 1.95. The summed E-state index contributed by atoms with van der Waals surface area (Å²) in [6.07, 6.45) is 0. The summed E-state index contributed by atoms with van der Waals surface area (Å²) in [5.74, 6) is 0. The first kappa shape index (κ1) is 8.98. The molecule has 0 saturated carbocycles. The van der Waals surface area contributed by atoms with E-state index >= 15 is 0 Å². The van der Waals surface area contributed by atoms with E-state index in [0.29, 0.717) is 0 Å². The third-order valence-electron chi connectivity index (χ3n) is 1.46. The molecule has 0 aliphatic heterocycles. The van der Waals surface area contributed by atoms with Gasteiger partial charge in [-0.25, -0.2) is 0 Å². The van der Waals surface area contributed by atoms with E-state index in [1.807, 2.05) is 0 Å². The van der Waals surface area contributed by atoms with Crippen molar-refractivity contribution >= 4 is 9.41 Å². The second-order valence-corrected chi connectivity index (χ2v) is 2.89. The minimum Gasteiger partial charge on any atom is -0.392 e. The van der Waals surface area contributed by atoms with Gasteiger partial charge in [0, 0.05) is 12.6 Å². The van der Waals surface area contributed by atoms with Gasteiger partial charge in [0.15, 0.2) is 0 Å². The summed E-state index contributed by atoms with van der Waals surface area (Å²) >= 11 is 0. The first-order valence-corrected chi connectivity index (χ1v) is 4.79. The molecule has 0 N–H and O–H groups in total. The summed E-state index contributed by atoms with van der Waals surface area (Å²) < 4.78 is 10.1. The van der Waals surface area contributed by atoms with Gasteiger partial charge >= 0.3 is 0 Å². The Kier molecular flexibility index (Phi) is 6.09. The fourth-order valence-electron chi connectivity index (χ4n) is 0.775. The van der Waals surface area contributed by atoms with E-state index < -0.39 is 9.41 Å². The standard InChI is InChI=1S/C6H15NOSi/c1-3-7(4-2)5-6-9-8/h9H,3-6H2,1-2H3. The number of hydrogen-bond donors (Lipinski definition) is 0. The van der Waals surface area contributed by atoms with Gasteiger partial charge in [-0.15, -0.1) is 0 Å². The van der Waals surface area contributed by atoms with Crippen LogP contribution in [0.15, 0.2) is 0 Å². The second kappa shape index (κ2) is 6.10. The van der Waals surface area contributed by atoms with Gasteiger partial charge in [-0.05, 0) is 13.1 Å². The zero-order chi connectivity index (χ0) is 7.11. The SMILES string of the molecule is CCN(CC)CC[SiH]=O. The predicted octanol–water partition coefficient (Wildman–Crippen LogP) is 0.528. The van der Waals surface area contributed by atoms with Crippen molar-refractivity contribution in [3.63, 3.8) is 0 Å². The van der Waals surface area contributed by atoms with Crippen LogP contribution in [0.1, 0.15) is 13.8 Å². The summed E-state index contributed by atoms with van der Waals surface area (Å²) in [6, 6.07) is 0.877. The van der Waals surface area contributed by atoms with Crippen molar-refractivity contribution in [1.29, 1.82) is 0 Å². The quantitative estimate of drug-likeness (QED) is 0.526. The Morgan fingerprint density at radius 2 is 1.89 bits per heavy atom. The van der Waals surface area contributed by atoms with Crippen molar-refractivity contribution in [2.24, 2.45) is 0 Å². The van der Waals surface area contributed by atoms with Crippen molar-refractivity contribution in [1.82, 2.24) is 4.90 Å². The van der Waals surface area contributed by atoms with Crippen LogP contribution in [-0.4, -0.2) is 33.9 Å². The largest absolute Gasteiger partial charge is 0.392 e. The third-order valence-corrected chi connectivity index (χ3v) is 1.95. The van der Waals surface area contributed by atoms with E-state index in [1.165, 1.54) is 0 Å². The lowest BCUT2D eigenvalue weighted by molar-refractivity contribution is 0.319. The van der Waals surface area contributed by atoms with E-state index in [0.717, 1.165) is 25.7 Å². The lowest BCUT2D eigenvalue weighted by Gasteiger charge is -2.15. The molecule has 2 nitrogen and oxygen atoms in total. The van der Waals surface area contributed by atoms with E-state index in [-0.39, 0.29) is 0 Å². The summed E-state index contributed by atoms with van der Waals surface area (Å²) in [5.41, 5.74) is 0. The molecule has 3 heteroatoms. The summed E-state index contributed by atoms with van der Waals surface area (Å²) in [5, 5.41) is 0. The van der Waals surface area contributed by atoms with E-state index in [4.69, 9.17) is 0 Å². The average Bonchev–Trinajstić information content (AvgIpc) is 1.91. The van der Waals surface area contributed by atoms with Crippen LogP contribution in [0.2, 0.25) is 6.04 Å². The Hall–Kier alpha value is -0.0231. The Balaban J connectivity index is 3.19. The molecule has 9 heavy (non-hydrogen) atoms. The van der Waals surface area contributed by atoms with Crippen molar-refractivity contribution in [2.45, 2.75) is 19.9 Å². The Bertz CT molecular complexity index is 73.5. The maximum absolute atomic E-state index is 10.1. The molecule has 0 unspecified atom stereocenters. The molecule has 0 fully saturated rings. The van der Waals surface area contributed by atoms with Crippen LogP contribution in [0.3, 0.4) is 0 Å². The topological polar surface area (TPSA) is 20.3 Å². The molecular formula is C6H15NOSi. The van der Waals surface area contributed by atoms with E-state index in [2.05, 4.69) is 18.7 Å². The number of nitrogens with zero attached hydrogens (tertiary/aromatic N) is 1. The molecular weight excluding hydrogens is 130 g/mol. The fraction of sp³-hybridized carbons (Fsp3) is 1.00. The highest BCUT2D eigenvalue weighted by molar-refractivity contribution is 6.16. The van der Waals surface area contributed by atoms with Gasteiger partial charge in [-0.3, -0.25) is 0 Å². The molecule has 0 aliphatic carbocycles. The molecule has 0 aromatic carbocycles. The van der Waals surface area contributed by atoms with Gasteiger partial charge < -0.3 is 9.36 Å². The van der Waals surface area contributed by atoms with Crippen LogP contribution in [0.5, 0.6) is 0 Å². The smallest absolute Gasteiger partial charge is 0.262 e. The molecule has 0 heterocycles. The van der Waals surface area contributed by atoms with Crippen LogP contribution in [0, 0.1) is 0 Å². The zero-order valence-corrected chi connectivity index (χ0v) is 7.42. The maximum atomic E-state index is 10.1. The molecule has 0 aliphatic rings. The van der Waals surface area contributed by atoms with Gasteiger partial charge in [-0.2, -0.15) is 0 Å². The van der Waals surface area contributed by atoms with Gasteiger partial charge in [0.25, 0.3) is 9.41 Å². The van der Waals surface area contributed by atoms with Gasteiger partial charge in [-0.1, -0.05) is 13.8 Å². The molecule has 0 bridgehead atoms. The first-order chi connectivity index (χ1) is 4.35. The van der Waals surface area contributed by atoms with Gasteiger partial charge in [0.1, 0.15) is 0 Å². The average molecular weight is 145 g/mol. The minimum absolute atomic E-state index is 0.537. The Morgan fingerprint density at radius 1 is 1.33 bits per heavy atom. The van der Waals surface area contributed by atoms with E-state index in [1.54, 1.807) is 0 Å². The van der Waals surface area contributed by atoms with Crippen LogP contribution in [-0.2, 0) is 4.46 Å². The molecule has 0 radical (unpaired) electrons. The highest BCUT2D eigenvalue weighted by Crippen LogP contribution is 1.87. The van der Waals surface area contributed by atoms with Crippen molar-refractivity contribution in [3.8, 4) is 0 Å². The molecule has 54 valence electrons. The highest BCUT2D eigenvalue weighted by atomic mass is 28.2. The lowest BCUT2D eigenvalue weighted by atomic mass is 10.5. The molecule has 0 aromatic rings. The van der Waals surface area contributed by atoms with Gasteiger partial charge in [0.2, 0.25) is 0 Å². The van der Waals surface area contributed by atoms with E-state index in [9.17, 15) is 4.46 Å². The number of hydrogen-bond acceptors (Lipinski definition) is 2. The lowest BCUT2D eigenvalue weighted by Crippen LogP contribution is -2.23. The van der Waals surface area contributed by atoms with Crippen LogP contribution < -0.4 is 0 Å². The Morgan fingerprint density at radius 3 is 2.22 bits per heavy atom. The Labute approximate surface area is 59.1 Å². The first-order valence-electron chi connectivity index (χ1n) is 3.51. The van der Waals surface area contributed by atoms with Crippen molar-refractivity contribution in [3.05, 3.63) is 0 Å². The fourth-order valence-corrected chi connectivity index (χ4v) is 1.25. The maximum Gasteiger partial charge on any atom is 0.262 e. The minimum atomic E-state index is -0.537. The zero-order valence-electron chi connectivity index (χ0n) is 6.26. The molecule has 0 aromatic heterocycles. The van der Waals surface area contributed by atoms with Crippen LogP contribution >= 0.6 is 0 Å². The van der Waals surface area contributed by atoms with Crippen molar-refractivity contribution in [2.75, 3.05) is 19.6 Å². The summed E-state index contributed by atoms with van der Waals surface area (Å²) in [4.78, 5) is 2.28. The molecule has 0 rings (SSSR count). The molecule has 0 atom stereocenters. The van der Waals surface area contributed by atoms with Crippen LogP contribution in [0.4, 0.5) is 0 Å². The number of rotatable bonds is 5. The normalized spacial score (nSPS) is 10.1. The predicted molar refractivity (Wildman–Crippen MR) is 40.4 cm³/mol. The monoisotopic (exact) mass is 145 g/mol.